The molecule has 4 rings (SSSR count). The molecule has 4 nitrogen and oxygen atoms in total. The fourth-order valence-corrected chi connectivity index (χ4v) is 4.40. The summed E-state index contributed by atoms with van der Waals surface area (Å²) >= 11 is 8.03. The highest BCUT2D eigenvalue weighted by molar-refractivity contribution is 7.13. The predicted octanol–water partition coefficient (Wildman–Crippen LogP) is 4.79. The van der Waals surface area contributed by atoms with Crippen molar-refractivity contribution in [1.82, 2.24) is 9.88 Å². The molecule has 1 fully saturated rings. The third kappa shape index (κ3) is 4.26. The van der Waals surface area contributed by atoms with Crippen molar-refractivity contribution < 1.29 is 4.74 Å². The van der Waals surface area contributed by atoms with Crippen molar-refractivity contribution in [3.8, 4) is 16.3 Å². The van der Waals surface area contributed by atoms with Crippen molar-refractivity contribution in [3.63, 3.8) is 0 Å². The van der Waals surface area contributed by atoms with Gasteiger partial charge in [0.1, 0.15) is 10.8 Å². The van der Waals surface area contributed by atoms with Crippen LogP contribution in [0.4, 0.5) is 5.69 Å². The highest BCUT2D eigenvalue weighted by Gasteiger charge is 2.19. The summed E-state index contributed by atoms with van der Waals surface area (Å²) in [5.74, 6) is 0.868. The van der Waals surface area contributed by atoms with Gasteiger partial charge in [-0.1, -0.05) is 23.7 Å². The van der Waals surface area contributed by atoms with Crippen LogP contribution in [0.25, 0.3) is 10.6 Å². The molecule has 0 bridgehead atoms. The third-order valence-corrected chi connectivity index (χ3v) is 6.10. The number of halogens is 1. The molecule has 0 radical (unpaired) electrons. The lowest BCUT2D eigenvalue weighted by molar-refractivity contribution is 0.247. The minimum Gasteiger partial charge on any atom is -0.497 e. The molecule has 1 saturated heterocycles. The Balaban J connectivity index is 1.35. The smallest absolute Gasteiger partial charge is 0.123 e. The number of anilines is 1. The molecule has 0 aliphatic carbocycles. The molecule has 0 saturated carbocycles. The average molecular weight is 400 g/mol. The number of hydrogen-bond donors (Lipinski definition) is 0. The van der Waals surface area contributed by atoms with Crippen LogP contribution in [0.2, 0.25) is 5.02 Å². The van der Waals surface area contributed by atoms with E-state index >= 15 is 0 Å². The first kappa shape index (κ1) is 18.3. The lowest BCUT2D eigenvalue weighted by Crippen LogP contribution is -2.46. The Morgan fingerprint density at radius 3 is 2.48 bits per heavy atom. The van der Waals surface area contributed by atoms with E-state index in [1.807, 2.05) is 30.3 Å². The Bertz CT molecular complexity index is 888. The second-order valence-corrected chi connectivity index (χ2v) is 7.85. The van der Waals surface area contributed by atoms with Gasteiger partial charge < -0.3 is 9.64 Å². The topological polar surface area (TPSA) is 28.6 Å². The number of para-hydroxylation sites is 1. The largest absolute Gasteiger partial charge is 0.497 e. The van der Waals surface area contributed by atoms with Crippen LogP contribution in [0.5, 0.6) is 5.75 Å². The molecule has 3 aromatic rings. The highest BCUT2D eigenvalue weighted by Crippen LogP contribution is 2.28. The van der Waals surface area contributed by atoms with Gasteiger partial charge in [-0.2, -0.15) is 0 Å². The molecule has 140 valence electrons. The first-order chi connectivity index (χ1) is 13.2. The number of benzene rings is 2. The van der Waals surface area contributed by atoms with E-state index in [1.54, 1.807) is 18.4 Å². The highest BCUT2D eigenvalue weighted by atomic mass is 35.5. The SMILES string of the molecule is COc1ccc(-c2nc(CN3CCN(c4ccccc4Cl)CC3)cs2)cc1. The first-order valence-electron chi connectivity index (χ1n) is 9.03. The van der Waals surface area contributed by atoms with Crippen LogP contribution in [-0.2, 0) is 6.54 Å². The third-order valence-electron chi connectivity index (χ3n) is 4.84. The van der Waals surface area contributed by atoms with Gasteiger partial charge in [0.2, 0.25) is 0 Å². The maximum atomic E-state index is 6.33. The van der Waals surface area contributed by atoms with E-state index in [9.17, 15) is 0 Å². The monoisotopic (exact) mass is 399 g/mol. The quantitative estimate of drug-likeness (QED) is 0.616. The molecule has 2 aromatic carbocycles. The number of methoxy groups -OCH3 is 1. The van der Waals surface area contributed by atoms with Crippen LogP contribution in [0, 0.1) is 0 Å². The molecule has 0 atom stereocenters. The molecule has 1 aliphatic heterocycles. The minimum absolute atomic E-state index is 0.828. The standard InChI is InChI=1S/C21H22ClN3OS/c1-26-18-8-6-16(7-9-18)21-23-17(15-27-21)14-24-10-12-25(13-11-24)20-5-3-2-4-19(20)22/h2-9,15H,10-14H2,1H3. The molecule has 1 aliphatic rings. The molecule has 0 amide bonds. The van der Waals surface area contributed by atoms with Crippen molar-refractivity contribution >= 4 is 28.6 Å². The lowest BCUT2D eigenvalue weighted by Gasteiger charge is -2.36. The van der Waals surface area contributed by atoms with Gasteiger partial charge in [-0.15, -0.1) is 11.3 Å². The van der Waals surface area contributed by atoms with Gasteiger partial charge >= 0.3 is 0 Å². The maximum Gasteiger partial charge on any atom is 0.123 e. The second-order valence-electron chi connectivity index (χ2n) is 6.59. The van der Waals surface area contributed by atoms with Crippen molar-refractivity contribution in [2.24, 2.45) is 0 Å². The zero-order chi connectivity index (χ0) is 18.6. The number of rotatable bonds is 5. The van der Waals surface area contributed by atoms with Crippen LogP contribution in [0.1, 0.15) is 5.69 Å². The van der Waals surface area contributed by atoms with Gasteiger partial charge in [0.15, 0.2) is 0 Å². The zero-order valence-electron chi connectivity index (χ0n) is 15.3. The first-order valence-corrected chi connectivity index (χ1v) is 10.3. The van der Waals surface area contributed by atoms with Crippen LogP contribution >= 0.6 is 22.9 Å². The number of piperazine rings is 1. The van der Waals surface area contributed by atoms with Gasteiger partial charge in [0.05, 0.1) is 23.5 Å². The predicted molar refractivity (Wildman–Crippen MR) is 113 cm³/mol. The van der Waals surface area contributed by atoms with E-state index in [0.29, 0.717) is 0 Å². The Morgan fingerprint density at radius 1 is 1.04 bits per heavy atom. The van der Waals surface area contributed by atoms with Crippen LogP contribution in [-0.4, -0.2) is 43.2 Å². The Labute approximate surface area is 169 Å². The summed E-state index contributed by atoms with van der Waals surface area (Å²) < 4.78 is 5.22. The Hall–Kier alpha value is -2.08. The normalized spacial score (nSPS) is 15.1. The van der Waals surface area contributed by atoms with E-state index in [-0.39, 0.29) is 0 Å². The number of hydrogen-bond acceptors (Lipinski definition) is 5. The lowest BCUT2D eigenvalue weighted by atomic mass is 10.2. The van der Waals surface area contributed by atoms with Crippen LogP contribution in [0.3, 0.4) is 0 Å². The van der Waals surface area contributed by atoms with Crippen molar-refractivity contribution in [2.75, 3.05) is 38.2 Å². The summed E-state index contributed by atoms with van der Waals surface area (Å²) in [6, 6.07) is 16.1. The van der Waals surface area contributed by atoms with Crippen molar-refractivity contribution in [2.45, 2.75) is 6.54 Å². The minimum atomic E-state index is 0.828. The maximum absolute atomic E-state index is 6.33. The van der Waals surface area contributed by atoms with Crippen molar-refractivity contribution in [1.29, 1.82) is 0 Å². The van der Waals surface area contributed by atoms with E-state index < -0.39 is 0 Å². The van der Waals surface area contributed by atoms with E-state index in [0.717, 1.165) is 65.4 Å². The number of thiazole rings is 1. The molecule has 0 spiro atoms. The zero-order valence-corrected chi connectivity index (χ0v) is 16.8. The molecular weight excluding hydrogens is 378 g/mol. The fraction of sp³-hybridized carbons (Fsp3) is 0.286. The second kappa shape index (κ2) is 8.30. The molecule has 1 aromatic heterocycles. The number of aromatic nitrogens is 1. The summed E-state index contributed by atoms with van der Waals surface area (Å²) in [6.45, 7) is 4.89. The van der Waals surface area contributed by atoms with Crippen molar-refractivity contribution in [3.05, 3.63) is 64.6 Å². The Kier molecular flexibility index (Phi) is 5.62. The molecule has 6 heteroatoms. The molecule has 0 unspecified atom stereocenters. The summed E-state index contributed by atoms with van der Waals surface area (Å²) in [5.41, 5.74) is 3.40. The molecule has 0 N–H and O–H groups in total. The summed E-state index contributed by atoms with van der Waals surface area (Å²) in [7, 11) is 1.68. The Morgan fingerprint density at radius 2 is 1.78 bits per heavy atom. The van der Waals surface area contributed by atoms with Gasteiger partial charge in [0.25, 0.3) is 0 Å². The fourth-order valence-electron chi connectivity index (χ4n) is 3.33. The summed E-state index contributed by atoms with van der Waals surface area (Å²) in [4.78, 5) is 9.65. The number of nitrogens with zero attached hydrogens (tertiary/aromatic N) is 3. The molecule has 2 heterocycles. The summed E-state index contributed by atoms with van der Waals surface area (Å²) in [5, 5.41) is 4.05. The molecule has 27 heavy (non-hydrogen) atoms. The van der Waals surface area contributed by atoms with Gasteiger partial charge in [-0.25, -0.2) is 4.98 Å². The van der Waals surface area contributed by atoms with Crippen LogP contribution < -0.4 is 9.64 Å². The average Bonchev–Trinajstić information content (AvgIpc) is 3.18. The van der Waals surface area contributed by atoms with E-state index in [2.05, 4.69) is 33.4 Å². The van der Waals surface area contributed by atoms with E-state index in [4.69, 9.17) is 21.3 Å². The number of ether oxygens (including phenoxy) is 1. The molecular formula is C21H22ClN3OS. The van der Waals surface area contributed by atoms with Gasteiger partial charge in [-0.05, 0) is 36.4 Å². The van der Waals surface area contributed by atoms with Gasteiger partial charge in [-0.3, -0.25) is 4.90 Å². The van der Waals surface area contributed by atoms with E-state index in [1.165, 1.54) is 0 Å². The van der Waals surface area contributed by atoms with Gasteiger partial charge in [0, 0.05) is 43.7 Å². The summed E-state index contributed by atoms with van der Waals surface area (Å²) in [6.07, 6.45) is 0. The van der Waals surface area contributed by atoms with Crippen LogP contribution in [0.15, 0.2) is 53.9 Å².